The summed E-state index contributed by atoms with van der Waals surface area (Å²) in [5.41, 5.74) is 0.491. The van der Waals surface area contributed by atoms with Crippen LogP contribution >= 0.6 is 11.6 Å². The molecule has 1 aliphatic heterocycles. The second kappa shape index (κ2) is 6.68. The Labute approximate surface area is 139 Å². The SMILES string of the molecule is CC(C)c1nc([C@@H]2CN(C(=O)c3ccccc3Cl)CCO2)no1. The smallest absolute Gasteiger partial charge is 0.255 e. The van der Waals surface area contributed by atoms with Crippen LogP contribution in [0, 0.1) is 0 Å². The number of aromatic nitrogens is 2. The molecular formula is C16H18ClN3O3. The van der Waals surface area contributed by atoms with Crippen LogP contribution in [0.5, 0.6) is 0 Å². The van der Waals surface area contributed by atoms with Gasteiger partial charge in [-0.15, -0.1) is 0 Å². The molecule has 6 nitrogen and oxygen atoms in total. The maximum Gasteiger partial charge on any atom is 0.255 e. The standard InChI is InChI=1S/C16H18ClN3O3/c1-10(2)15-18-14(19-23-15)13-9-20(7-8-22-13)16(21)11-5-3-4-6-12(11)17/h3-6,10,13H,7-9H2,1-2H3/t13-/m0/s1. The molecule has 0 aliphatic carbocycles. The molecule has 2 aromatic rings. The lowest BCUT2D eigenvalue weighted by Gasteiger charge is -2.31. The molecule has 0 saturated carbocycles. The van der Waals surface area contributed by atoms with Gasteiger partial charge in [0.15, 0.2) is 0 Å². The number of benzene rings is 1. The average Bonchev–Trinajstić information content (AvgIpc) is 3.05. The Hall–Kier alpha value is -1.92. The topological polar surface area (TPSA) is 68.5 Å². The summed E-state index contributed by atoms with van der Waals surface area (Å²) in [6.07, 6.45) is -0.383. The molecule has 122 valence electrons. The third-order valence-corrected chi connectivity index (χ3v) is 4.03. The maximum atomic E-state index is 12.6. The highest BCUT2D eigenvalue weighted by atomic mass is 35.5. The Bertz CT molecular complexity index is 701. The van der Waals surface area contributed by atoms with E-state index in [1.807, 2.05) is 13.8 Å². The number of morpholine rings is 1. The quantitative estimate of drug-likeness (QED) is 0.862. The Kier molecular flexibility index (Phi) is 4.63. The highest BCUT2D eigenvalue weighted by molar-refractivity contribution is 6.33. The lowest BCUT2D eigenvalue weighted by Crippen LogP contribution is -2.42. The number of carbonyl (C=O) groups is 1. The van der Waals surface area contributed by atoms with Gasteiger partial charge in [0, 0.05) is 12.5 Å². The molecule has 1 atom stereocenters. The first-order valence-electron chi connectivity index (χ1n) is 7.55. The second-order valence-electron chi connectivity index (χ2n) is 5.74. The minimum atomic E-state index is -0.383. The van der Waals surface area contributed by atoms with Crippen molar-refractivity contribution in [2.24, 2.45) is 0 Å². The van der Waals surface area contributed by atoms with E-state index in [1.54, 1.807) is 29.2 Å². The number of hydrogen-bond acceptors (Lipinski definition) is 5. The van der Waals surface area contributed by atoms with E-state index in [2.05, 4.69) is 10.1 Å². The monoisotopic (exact) mass is 335 g/mol. The van der Waals surface area contributed by atoms with Gasteiger partial charge in [-0.05, 0) is 12.1 Å². The Morgan fingerprint density at radius 3 is 2.87 bits per heavy atom. The molecule has 0 radical (unpaired) electrons. The van der Waals surface area contributed by atoms with Gasteiger partial charge in [0.25, 0.3) is 5.91 Å². The first-order chi connectivity index (χ1) is 11.1. The molecule has 1 aromatic heterocycles. The number of hydrogen-bond donors (Lipinski definition) is 0. The molecule has 1 aliphatic rings. The van der Waals surface area contributed by atoms with Gasteiger partial charge in [0.1, 0.15) is 6.10 Å². The third kappa shape index (κ3) is 3.38. The average molecular weight is 336 g/mol. The normalized spacial score (nSPS) is 18.4. The van der Waals surface area contributed by atoms with E-state index in [1.165, 1.54) is 0 Å². The maximum absolute atomic E-state index is 12.6. The lowest BCUT2D eigenvalue weighted by atomic mass is 10.1. The van der Waals surface area contributed by atoms with Gasteiger partial charge in [0.05, 0.1) is 23.7 Å². The van der Waals surface area contributed by atoms with E-state index in [0.717, 1.165) is 0 Å². The zero-order valence-corrected chi connectivity index (χ0v) is 13.8. The highest BCUT2D eigenvalue weighted by Crippen LogP contribution is 2.24. The molecule has 0 spiro atoms. The second-order valence-corrected chi connectivity index (χ2v) is 6.14. The minimum absolute atomic E-state index is 0.114. The summed E-state index contributed by atoms with van der Waals surface area (Å²) in [4.78, 5) is 18.7. The van der Waals surface area contributed by atoms with E-state index in [-0.39, 0.29) is 17.9 Å². The largest absolute Gasteiger partial charge is 0.366 e. The Balaban J connectivity index is 1.75. The van der Waals surface area contributed by atoms with Gasteiger partial charge in [-0.25, -0.2) is 0 Å². The molecule has 7 heteroatoms. The molecule has 1 amide bonds. The van der Waals surface area contributed by atoms with E-state index < -0.39 is 0 Å². The molecule has 1 aromatic carbocycles. The predicted octanol–water partition coefficient (Wildman–Crippen LogP) is 3.06. The van der Waals surface area contributed by atoms with Gasteiger partial charge >= 0.3 is 0 Å². The van der Waals surface area contributed by atoms with Crippen molar-refractivity contribution in [1.29, 1.82) is 0 Å². The van der Waals surface area contributed by atoms with Gasteiger partial charge in [0.2, 0.25) is 11.7 Å². The van der Waals surface area contributed by atoms with Crippen LogP contribution in [0.1, 0.15) is 47.9 Å². The van der Waals surface area contributed by atoms with Crippen LogP contribution in [-0.2, 0) is 4.74 Å². The van der Waals surface area contributed by atoms with Crippen molar-refractivity contribution in [3.05, 3.63) is 46.6 Å². The summed E-state index contributed by atoms with van der Waals surface area (Å²) in [6, 6.07) is 7.03. The van der Waals surface area contributed by atoms with Crippen molar-refractivity contribution in [3.63, 3.8) is 0 Å². The van der Waals surface area contributed by atoms with Crippen LogP contribution in [-0.4, -0.2) is 40.6 Å². The fourth-order valence-corrected chi connectivity index (χ4v) is 2.62. The fourth-order valence-electron chi connectivity index (χ4n) is 2.41. The number of ether oxygens (including phenoxy) is 1. The van der Waals surface area contributed by atoms with Crippen LogP contribution in [0.4, 0.5) is 0 Å². The fraction of sp³-hybridized carbons (Fsp3) is 0.438. The Morgan fingerprint density at radius 2 is 2.17 bits per heavy atom. The molecule has 0 N–H and O–H groups in total. The number of nitrogens with zero attached hydrogens (tertiary/aromatic N) is 3. The Morgan fingerprint density at radius 1 is 1.39 bits per heavy atom. The third-order valence-electron chi connectivity index (χ3n) is 3.70. The van der Waals surface area contributed by atoms with Crippen molar-refractivity contribution >= 4 is 17.5 Å². The number of rotatable bonds is 3. The molecular weight excluding hydrogens is 318 g/mol. The van der Waals surface area contributed by atoms with Gasteiger partial charge < -0.3 is 14.2 Å². The van der Waals surface area contributed by atoms with E-state index in [0.29, 0.717) is 42.0 Å². The summed E-state index contributed by atoms with van der Waals surface area (Å²) in [6.45, 7) is 5.27. The van der Waals surface area contributed by atoms with Crippen molar-refractivity contribution in [2.75, 3.05) is 19.7 Å². The molecule has 1 saturated heterocycles. The molecule has 2 heterocycles. The summed E-state index contributed by atoms with van der Waals surface area (Å²) in [7, 11) is 0. The van der Waals surface area contributed by atoms with E-state index in [9.17, 15) is 4.79 Å². The number of amides is 1. The molecule has 3 rings (SSSR count). The van der Waals surface area contributed by atoms with Gasteiger partial charge in [-0.2, -0.15) is 4.98 Å². The van der Waals surface area contributed by atoms with Crippen LogP contribution in [0.15, 0.2) is 28.8 Å². The molecule has 0 bridgehead atoms. The van der Waals surface area contributed by atoms with Crippen LogP contribution in [0.2, 0.25) is 5.02 Å². The minimum Gasteiger partial charge on any atom is -0.366 e. The molecule has 1 fully saturated rings. The van der Waals surface area contributed by atoms with E-state index in [4.69, 9.17) is 20.9 Å². The van der Waals surface area contributed by atoms with Crippen LogP contribution in [0.3, 0.4) is 0 Å². The summed E-state index contributed by atoms with van der Waals surface area (Å²) >= 11 is 6.11. The van der Waals surface area contributed by atoms with Crippen molar-refractivity contribution in [2.45, 2.75) is 25.9 Å². The highest BCUT2D eigenvalue weighted by Gasteiger charge is 2.30. The van der Waals surface area contributed by atoms with Gasteiger partial charge in [-0.1, -0.05) is 42.7 Å². The van der Waals surface area contributed by atoms with Crippen molar-refractivity contribution < 1.29 is 14.1 Å². The lowest BCUT2D eigenvalue weighted by molar-refractivity contribution is -0.0276. The summed E-state index contributed by atoms with van der Waals surface area (Å²) in [5.74, 6) is 1.08. The molecule has 23 heavy (non-hydrogen) atoms. The number of halogens is 1. The van der Waals surface area contributed by atoms with E-state index >= 15 is 0 Å². The van der Waals surface area contributed by atoms with Crippen LogP contribution < -0.4 is 0 Å². The zero-order chi connectivity index (χ0) is 16.4. The number of carbonyl (C=O) groups excluding carboxylic acids is 1. The van der Waals surface area contributed by atoms with Crippen molar-refractivity contribution in [3.8, 4) is 0 Å². The first-order valence-corrected chi connectivity index (χ1v) is 7.93. The molecule has 0 unspecified atom stereocenters. The first kappa shape index (κ1) is 16.0. The zero-order valence-electron chi connectivity index (χ0n) is 13.0. The van der Waals surface area contributed by atoms with Crippen molar-refractivity contribution in [1.82, 2.24) is 15.0 Å². The summed E-state index contributed by atoms with van der Waals surface area (Å²) in [5, 5.41) is 4.42. The summed E-state index contributed by atoms with van der Waals surface area (Å²) < 4.78 is 10.9. The van der Waals surface area contributed by atoms with Gasteiger partial charge in [-0.3, -0.25) is 4.79 Å². The van der Waals surface area contributed by atoms with Crippen LogP contribution in [0.25, 0.3) is 0 Å². The predicted molar refractivity (Wildman–Crippen MR) is 84.4 cm³/mol.